The number of hydrogen-bond acceptors (Lipinski definition) is 3. The normalized spacial score (nSPS) is 23.2. The van der Waals surface area contributed by atoms with Gasteiger partial charge in [0.05, 0.1) is 12.7 Å². The molecular weight excluding hydrogens is 242 g/mol. The van der Waals surface area contributed by atoms with Gasteiger partial charge in [0, 0.05) is 13.1 Å². The van der Waals surface area contributed by atoms with E-state index in [1.54, 1.807) is 0 Å². The van der Waals surface area contributed by atoms with E-state index < -0.39 is 0 Å². The van der Waals surface area contributed by atoms with Crippen LogP contribution in [0.5, 0.6) is 0 Å². The van der Waals surface area contributed by atoms with Crippen LogP contribution in [0.15, 0.2) is 30.3 Å². The summed E-state index contributed by atoms with van der Waals surface area (Å²) in [5.41, 5.74) is 1.03. The quantitative estimate of drug-likeness (QED) is 0.785. The molecule has 0 N–H and O–H groups in total. The molecule has 2 aliphatic heterocycles. The Labute approximate surface area is 113 Å². The summed E-state index contributed by atoms with van der Waals surface area (Å²) >= 11 is 0. The Balaban J connectivity index is 1.43. The number of piperidine rings is 1. The molecule has 0 spiro atoms. The van der Waals surface area contributed by atoms with E-state index in [9.17, 15) is 4.79 Å². The maximum absolute atomic E-state index is 11.9. The Morgan fingerprint density at radius 3 is 2.58 bits per heavy atom. The summed E-state index contributed by atoms with van der Waals surface area (Å²) in [4.78, 5) is 13.7. The Morgan fingerprint density at radius 1 is 1.26 bits per heavy atom. The van der Waals surface area contributed by atoms with Gasteiger partial charge >= 0.3 is 6.09 Å². The van der Waals surface area contributed by atoms with Crippen molar-refractivity contribution in [2.45, 2.75) is 25.6 Å². The number of amides is 1. The predicted molar refractivity (Wildman–Crippen MR) is 70.7 cm³/mol. The number of hydrogen-bond donors (Lipinski definition) is 0. The van der Waals surface area contributed by atoms with Crippen molar-refractivity contribution in [1.82, 2.24) is 4.90 Å². The first-order chi connectivity index (χ1) is 9.33. The third-order valence-corrected chi connectivity index (χ3v) is 3.89. The molecule has 2 aliphatic rings. The standard InChI is InChI=1S/C15H19NO3/c17-15(19-10-12-4-2-1-3-5-12)16-8-6-13(7-9-16)14-11-18-14/h1-5,13-14H,6-11H2. The minimum Gasteiger partial charge on any atom is -0.445 e. The molecule has 0 saturated carbocycles. The highest BCUT2D eigenvalue weighted by molar-refractivity contribution is 5.67. The summed E-state index contributed by atoms with van der Waals surface area (Å²) < 4.78 is 10.6. The zero-order valence-corrected chi connectivity index (χ0v) is 11.0. The number of epoxide rings is 1. The van der Waals surface area contributed by atoms with Crippen LogP contribution in [0.3, 0.4) is 0 Å². The van der Waals surface area contributed by atoms with E-state index in [0.29, 0.717) is 18.6 Å². The van der Waals surface area contributed by atoms with Crippen molar-refractivity contribution in [2.75, 3.05) is 19.7 Å². The number of nitrogens with zero attached hydrogens (tertiary/aromatic N) is 1. The molecule has 4 heteroatoms. The molecule has 0 radical (unpaired) electrons. The fourth-order valence-corrected chi connectivity index (χ4v) is 2.59. The van der Waals surface area contributed by atoms with Crippen molar-refractivity contribution < 1.29 is 14.3 Å². The van der Waals surface area contributed by atoms with Crippen molar-refractivity contribution in [3.8, 4) is 0 Å². The molecule has 2 saturated heterocycles. The Hall–Kier alpha value is -1.55. The molecule has 1 atom stereocenters. The van der Waals surface area contributed by atoms with E-state index in [2.05, 4.69) is 0 Å². The van der Waals surface area contributed by atoms with Crippen LogP contribution >= 0.6 is 0 Å². The Kier molecular flexibility index (Phi) is 3.69. The first-order valence-electron chi connectivity index (χ1n) is 6.90. The highest BCUT2D eigenvalue weighted by Gasteiger charge is 2.35. The van der Waals surface area contributed by atoms with Crippen LogP contribution in [0.4, 0.5) is 4.79 Å². The Bertz CT molecular complexity index is 422. The summed E-state index contributed by atoms with van der Waals surface area (Å²) in [7, 11) is 0. The maximum Gasteiger partial charge on any atom is 0.410 e. The monoisotopic (exact) mass is 261 g/mol. The lowest BCUT2D eigenvalue weighted by Crippen LogP contribution is -2.39. The van der Waals surface area contributed by atoms with Gasteiger partial charge < -0.3 is 14.4 Å². The molecule has 2 fully saturated rings. The van der Waals surface area contributed by atoms with Crippen molar-refractivity contribution >= 4 is 6.09 Å². The van der Waals surface area contributed by atoms with Gasteiger partial charge in [-0.25, -0.2) is 4.79 Å². The number of likely N-dealkylation sites (tertiary alicyclic amines) is 1. The molecule has 1 aromatic rings. The third-order valence-electron chi connectivity index (χ3n) is 3.89. The minimum atomic E-state index is -0.195. The largest absolute Gasteiger partial charge is 0.445 e. The summed E-state index contributed by atoms with van der Waals surface area (Å²) in [5, 5.41) is 0. The van der Waals surface area contributed by atoms with Gasteiger partial charge in [-0.05, 0) is 24.3 Å². The van der Waals surface area contributed by atoms with E-state index in [4.69, 9.17) is 9.47 Å². The van der Waals surface area contributed by atoms with Crippen LogP contribution in [0.25, 0.3) is 0 Å². The minimum absolute atomic E-state index is 0.195. The van der Waals surface area contributed by atoms with E-state index in [-0.39, 0.29) is 6.09 Å². The number of ether oxygens (including phenoxy) is 2. The number of benzene rings is 1. The van der Waals surface area contributed by atoms with Crippen LogP contribution in [0.1, 0.15) is 18.4 Å². The maximum atomic E-state index is 11.9. The first kappa shape index (κ1) is 12.5. The molecule has 0 aromatic heterocycles. The van der Waals surface area contributed by atoms with Crippen molar-refractivity contribution in [2.24, 2.45) is 5.92 Å². The van der Waals surface area contributed by atoms with E-state index >= 15 is 0 Å². The third kappa shape index (κ3) is 3.26. The van der Waals surface area contributed by atoms with Crippen molar-refractivity contribution in [3.05, 3.63) is 35.9 Å². The predicted octanol–water partition coefficient (Wildman–Crippen LogP) is 2.43. The van der Waals surface area contributed by atoms with Crippen molar-refractivity contribution in [3.63, 3.8) is 0 Å². The molecule has 1 aromatic carbocycles. The molecule has 0 aliphatic carbocycles. The molecule has 4 nitrogen and oxygen atoms in total. The second-order valence-electron chi connectivity index (χ2n) is 5.24. The smallest absolute Gasteiger partial charge is 0.410 e. The number of rotatable bonds is 3. The molecule has 0 bridgehead atoms. The highest BCUT2D eigenvalue weighted by Crippen LogP contribution is 2.29. The molecule has 2 heterocycles. The summed E-state index contributed by atoms with van der Waals surface area (Å²) in [5.74, 6) is 0.637. The first-order valence-corrected chi connectivity index (χ1v) is 6.90. The lowest BCUT2D eigenvalue weighted by Gasteiger charge is -2.30. The number of carbonyl (C=O) groups is 1. The molecule has 102 valence electrons. The van der Waals surface area contributed by atoms with Crippen LogP contribution in [0, 0.1) is 5.92 Å². The average Bonchev–Trinajstić information content (AvgIpc) is 3.31. The van der Waals surface area contributed by atoms with Gasteiger partial charge in [0.2, 0.25) is 0 Å². The van der Waals surface area contributed by atoms with Gasteiger partial charge in [-0.1, -0.05) is 30.3 Å². The molecule has 3 rings (SSSR count). The van der Waals surface area contributed by atoms with Crippen LogP contribution in [-0.2, 0) is 16.1 Å². The van der Waals surface area contributed by atoms with Gasteiger partial charge in [0.1, 0.15) is 6.61 Å². The topological polar surface area (TPSA) is 42.1 Å². The van der Waals surface area contributed by atoms with Crippen LogP contribution < -0.4 is 0 Å². The lowest BCUT2D eigenvalue weighted by molar-refractivity contribution is 0.0792. The van der Waals surface area contributed by atoms with Crippen LogP contribution in [0.2, 0.25) is 0 Å². The van der Waals surface area contributed by atoms with Gasteiger partial charge in [-0.3, -0.25) is 0 Å². The molecule has 1 unspecified atom stereocenters. The summed E-state index contributed by atoms with van der Waals surface area (Å²) in [6.45, 7) is 2.84. The molecule has 19 heavy (non-hydrogen) atoms. The van der Waals surface area contributed by atoms with Crippen LogP contribution in [-0.4, -0.2) is 36.8 Å². The van der Waals surface area contributed by atoms with Gasteiger partial charge in [-0.15, -0.1) is 0 Å². The average molecular weight is 261 g/mol. The Morgan fingerprint density at radius 2 is 1.95 bits per heavy atom. The fourth-order valence-electron chi connectivity index (χ4n) is 2.59. The van der Waals surface area contributed by atoms with Gasteiger partial charge in [0.15, 0.2) is 0 Å². The summed E-state index contributed by atoms with van der Waals surface area (Å²) in [6, 6.07) is 9.78. The highest BCUT2D eigenvalue weighted by atomic mass is 16.6. The fraction of sp³-hybridized carbons (Fsp3) is 0.533. The van der Waals surface area contributed by atoms with Gasteiger partial charge in [0.25, 0.3) is 0 Å². The second kappa shape index (κ2) is 5.61. The van der Waals surface area contributed by atoms with Crippen molar-refractivity contribution in [1.29, 1.82) is 0 Å². The summed E-state index contributed by atoms with van der Waals surface area (Å²) in [6.07, 6.45) is 2.33. The molecule has 1 amide bonds. The lowest BCUT2D eigenvalue weighted by atomic mass is 9.94. The number of carbonyl (C=O) groups excluding carboxylic acids is 1. The zero-order chi connectivity index (χ0) is 13.1. The van der Waals surface area contributed by atoms with E-state index in [1.165, 1.54) is 0 Å². The van der Waals surface area contributed by atoms with Gasteiger partial charge in [-0.2, -0.15) is 0 Å². The van der Waals surface area contributed by atoms with E-state index in [0.717, 1.165) is 38.1 Å². The SMILES string of the molecule is O=C(OCc1ccccc1)N1CCC(C2CO2)CC1. The second-order valence-corrected chi connectivity index (χ2v) is 5.24. The zero-order valence-electron chi connectivity index (χ0n) is 11.0. The molecular formula is C15H19NO3. The van der Waals surface area contributed by atoms with E-state index in [1.807, 2.05) is 35.2 Å².